The van der Waals surface area contributed by atoms with Crippen molar-refractivity contribution in [1.82, 2.24) is 15.3 Å². The topological polar surface area (TPSA) is 78.0 Å². The van der Waals surface area contributed by atoms with Crippen molar-refractivity contribution in [2.45, 2.75) is 26.3 Å². The van der Waals surface area contributed by atoms with Gasteiger partial charge in [0.25, 0.3) is 0 Å². The zero-order valence-corrected chi connectivity index (χ0v) is 11.6. The van der Waals surface area contributed by atoms with Gasteiger partial charge in [-0.2, -0.15) is 0 Å². The summed E-state index contributed by atoms with van der Waals surface area (Å²) in [5.74, 6) is 1.03. The van der Waals surface area contributed by atoms with E-state index in [1.54, 1.807) is 0 Å². The van der Waals surface area contributed by atoms with Crippen molar-refractivity contribution < 1.29 is 9.90 Å². The fraction of sp³-hybridized carbons (Fsp3) is 0.333. The van der Waals surface area contributed by atoms with Crippen LogP contribution >= 0.6 is 0 Å². The SMILES string of the molecule is CC(C)CC(NC(=O)O)c1nc(-c2ccccc2)c[nH]1. The molecule has 1 unspecified atom stereocenters. The second-order valence-corrected chi connectivity index (χ2v) is 5.17. The number of aromatic amines is 1. The molecule has 0 aliphatic carbocycles. The molecule has 106 valence electrons. The third kappa shape index (κ3) is 3.60. The van der Waals surface area contributed by atoms with Crippen LogP contribution in [0.25, 0.3) is 11.3 Å². The van der Waals surface area contributed by atoms with Crippen LogP contribution in [0.4, 0.5) is 4.79 Å². The number of nitrogens with one attached hydrogen (secondary N) is 2. The average Bonchev–Trinajstić information content (AvgIpc) is 2.87. The first kappa shape index (κ1) is 14.1. The van der Waals surface area contributed by atoms with Gasteiger partial charge in [-0.3, -0.25) is 0 Å². The molecule has 0 aliphatic rings. The predicted molar refractivity (Wildman–Crippen MR) is 77.4 cm³/mol. The maximum Gasteiger partial charge on any atom is 0.405 e. The lowest BCUT2D eigenvalue weighted by molar-refractivity contribution is 0.187. The summed E-state index contributed by atoms with van der Waals surface area (Å²) in [7, 11) is 0. The first-order valence-electron chi connectivity index (χ1n) is 6.66. The Labute approximate surface area is 118 Å². The molecule has 20 heavy (non-hydrogen) atoms. The molecule has 0 saturated carbocycles. The maximum absolute atomic E-state index is 10.9. The molecule has 0 fully saturated rings. The molecule has 5 nitrogen and oxygen atoms in total. The van der Waals surface area contributed by atoms with Crippen LogP contribution < -0.4 is 5.32 Å². The zero-order valence-electron chi connectivity index (χ0n) is 11.6. The van der Waals surface area contributed by atoms with Crippen LogP contribution in [0.1, 0.15) is 32.1 Å². The summed E-state index contributed by atoms with van der Waals surface area (Å²) >= 11 is 0. The average molecular weight is 273 g/mol. The Kier molecular flexibility index (Phi) is 4.40. The summed E-state index contributed by atoms with van der Waals surface area (Å²) in [5, 5.41) is 11.4. The molecule has 5 heteroatoms. The molecule has 1 heterocycles. The molecule has 1 aromatic carbocycles. The highest BCUT2D eigenvalue weighted by molar-refractivity contribution is 5.65. The van der Waals surface area contributed by atoms with Gasteiger partial charge in [0.2, 0.25) is 0 Å². The van der Waals surface area contributed by atoms with Gasteiger partial charge < -0.3 is 15.4 Å². The maximum atomic E-state index is 10.9. The van der Waals surface area contributed by atoms with Crippen molar-refractivity contribution in [3.63, 3.8) is 0 Å². The molecule has 0 aliphatic heterocycles. The van der Waals surface area contributed by atoms with E-state index in [9.17, 15) is 4.79 Å². The largest absolute Gasteiger partial charge is 0.465 e. The Hall–Kier alpha value is -2.30. The van der Waals surface area contributed by atoms with Crippen LogP contribution in [0.2, 0.25) is 0 Å². The highest BCUT2D eigenvalue weighted by atomic mass is 16.4. The van der Waals surface area contributed by atoms with Gasteiger partial charge in [-0.15, -0.1) is 0 Å². The van der Waals surface area contributed by atoms with E-state index in [0.717, 1.165) is 11.3 Å². The molecule has 0 bridgehead atoms. The van der Waals surface area contributed by atoms with E-state index in [-0.39, 0.29) is 6.04 Å². The summed E-state index contributed by atoms with van der Waals surface area (Å²) < 4.78 is 0. The van der Waals surface area contributed by atoms with Gasteiger partial charge in [0.05, 0.1) is 11.7 Å². The minimum atomic E-state index is -1.03. The zero-order chi connectivity index (χ0) is 14.5. The fourth-order valence-electron chi connectivity index (χ4n) is 2.13. The summed E-state index contributed by atoms with van der Waals surface area (Å²) in [4.78, 5) is 18.5. The molecule has 2 rings (SSSR count). The highest BCUT2D eigenvalue weighted by Gasteiger charge is 2.19. The van der Waals surface area contributed by atoms with E-state index in [1.807, 2.05) is 36.5 Å². The molecule has 0 saturated heterocycles. The Bertz CT molecular complexity index is 564. The van der Waals surface area contributed by atoms with Gasteiger partial charge in [-0.25, -0.2) is 9.78 Å². The number of benzene rings is 1. The number of carbonyl (C=O) groups is 1. The van der Waals surface area contributed by atoms with Crippen LogP contribution in [-0.4, -0.2) is 21.2 Å². The van der Waals surface area contributed by atoms with Crippen LogP contribution in [0, 0.1) is 5.92 Å². The molecule has 0 spiro atoms. The number of hydrogen-bond acceptors (Lipinski definition) is 2. The Morgan fingerprint density at radius 2 is 2.05 bits per heavy atom. The minimum Gasteiger partial charge on any atom is -0.465 e. The summed E-state index contributed by atoms with van der Waals surface area (Å²) in [6.07, 6.45) is 1.48. The normalized spacial score (nSPS) is 12.3. The molecular weight excluding hydrogens is 254 g/mol. The van der Waals surface area contributed by atoms with Crippen LogP contribution in [0.5, 0.6) is 0 Å². The van der Waals surface area contributed by atoms with Gasteiger partial charge in [0.15, 0.2) is 0 Å². The summed E-state index contributed by atoms with van der Waals surface area (Å²) in [6, 6.07) is 9.48. The van der Waals surface area contributed by atoms with Crippen molar-refractivity contribution in [3.05, 3.63) is 42.4 Å². The number of aromatic nitrogens is 2. The van der Waals surface area contributed by atoms with Crippen molar-refractivity contribution >= 4 is 6.09 Å². The Morgan fingerprint density at radius 3 is 2.65 bits per heavy atom. The minimum absolute atomic E-state index is 0.315. The van der Waals surface area contributed by atoms with Gasteiger partial charge in [-0.05, 0) is 12.3 Å². The quantitative estimate of drug-likeness (QED) is 0.781. The number of imidazole rings is 1. The monoisotopic (exact) mass is 273 g/mol. The van der Waals surface area contributed by atoms with Crippen molar-refractivity contribution in [3.8, 4) is 11.3 Å². The molecular formula is C15H19N3O2. The molecule has 0 radical (unpaired) electrons. The lowest BCUT2D eigenvalue weighted by Crippen LogP contribution is -2.28. The van der Waals surface area contributed by atoms with E-state index in [1.165, 1.54) is 0 Å². The van der Waals surface area contributed by atoms with E-state index in [4.69, 9.17) is 5.11 Å². The Balaban J connectivity index is 2.22. The number of carboxylic acid groups (broad SMARTS) is 1. The molecule has 1 atom stereocenters. The van der Waals surface area contributed by atoms with Crippen LogP contribution in [0.15, 0.2) is 36.5 Å². The number of H-pyrrole nitrogens is 1. The van der Waals surface area contributed by atoms with Crippen LogP contribution in [-0.2, 0) is 0 Å². The second kappa shape index (κ2) is 6.23. The first-order valence-corrected chi connectivity index (χ1v) is 6.66. The third-order valence-electron chi connectivity index (χ3n) is 3.00. The van der Waals surface area contributed by atoms with E-state index >= 15 is 0 Å². The van der Waals surface area contributed by atoms with E-state index in [2.05, 4.69) is 29.1 Å². The molecule has 1 aromatic heterocycles. The lowest BCUT2D eigenvalue weighted by atomic mass is 10.0. The van der Waals surface area contributed by atoms with Gasteiger partial charge >= 0.3 is 6.09 Å². The number of rotatable bonds is 5. The fourth-order valence-corrected chi connectivity index (χ4v) is 2.13. The third-order valence-corrected chi connectivity index (χ3v) is 3.00. The number of nitrogens with zero attached hydrogens (tertiary/aromatic N) is 1. The second-order valence-electron chi connectivity index (χ2n) is 5.17. The van der Waals surface area contributed by atoms with Gasteiger partial charge in [0, 0.05) is 11.8 Å². The van der Waals surface area contributed by atoms with E-state index in [0.29, 0.717) is 18.2 Å². The first-order chi connectivity index (χ1) is 9.56. The smallest absolute Gasteiger partial charge is 0.405 e. The van der Waals surface area contributed by atoms with Crippen molar-refractivity contribution in [1.29, 1.82) is 0 Å². The molecule has 1 amide bonds. The number of hydrogen-bond donors (Lipinski definition) is 3. The van der Waals surface area contributed by atoms with Crippen molar-refractivity contribution in [2.24, 2.45) is 5.92 Å². The van der Waals surface area contributed by atoms with Crippen molar-refractivity contribution in [2.75, 3.05) is 0 Å². The predicted octanol–water partition coefficient (Wildman–Crippen LogP) is 3.43. The van der Waals surface area contributed by atoms with Gasteiger partial charge in [0.1, 0.15) is 5.82 Å². The lowest BCUT2D eigenvalue weighted by Gasteiger charge is -2.16. The molecule has 2 aromatic rings. The molecule has 3 N–H and O–H groups in total. The Morgan fingerprint density at radius 1 is 1.35 bits per heavy atom. The number of amides is 1. The van der Waals surface area contributed by atoms with E-state index < -0.39 is 6.09 Å². The highest BCUT2D eigenvalue weighted by Crippen LogP contribution is 2.22. The standard InChI is InChI=1S/C15H19N3O2/c1-10(2)8-12(18-15(19)20)14-16-9-13(17-14)11-6-4-3-5-7-11/h3-7,9-10,12,18H,8H2,1-2H3,(H,16,17)(H,19,20). The van der Waals surface area contributed by atoms with Crippen LogP contribution in [0.3, 0.4) is 0 Å². The summed E-state index contributed by atoms with van der Waals surface area (Å²) in [6.45, 7) is 4.11. The summed E-state index contributed by atoms with van der Waals surface area (Å²) in [5.41, 5.74) is 1.83. The van der Waals surface area contributed by atoms with Gasteiger partial charge in [-0.1, -0.05) is 44.2 Å².